The number of nitrogens with zero attached hydrogens (tertiary/aromatic N) is 1. The maximum atomic E-state index is 14.2. The first kappa shape index (κ1) is 12.4. The summed E-state index contributed by atoms with van der Waals surface area (Å²) in [6.07, 6.45) is 2.07. The minimum Gasteiger partial charge on any atom is -0.493 e. The zero-order valence-corrected chi connectivity index (χ0v) is 11.4. The lowest BCUT2D eigenvalue weighted by Gasteiger charge is -2.43. The maximum Gasteiger partial charge on any atom is 0.132 e. The lowest BCUT2D eigenvalue weighted by molar-refractivity contribution is -0.0484. The van der Waals surface area contributed by atoms with Crippen molar-refractivity contribution in [3.63, 3.8) is 0 Å². The van der Waals surface area contributed by atoms with Gasteiger partial charge in [0.1, 0.15) is 11.6 Å². The van der Waals surface area contributed by atoms with E-state index < -0.39 is 0 Å². The van der Waals surface area contributed by atoms with Crippen molar-refractivity contribution < 1.29 is 13.9 Å². The SMILES string of the molecule is Fc1cc(N2CC3CNCC(C2)O3)cc2c1CCCO2. The van der Waals surface area contributed by atoms with Crippen molar-refractivity contribution in [3.8, 4) is 5.75 Å². The molecule has 5 heteroatoms. The predicted octanol–water partition coefficient (Wildman–Crippen LogP) is 1.33. The highest BCUT2D eigenvalue weighted by atomic mass is 19.1. The summed E-state index contributed by atoms with van der Waals surface area (Å²) in [5.74, 6) is 0.591. The van der Waals surface area contributed by atoms with Crippen LogP contribution in [0.25, 0.3) is 0 Å². The Bertz CT molecular complexity index is 511. The smallest absolute Gasteiger partial charge is 0.132 e. The lowest BCUT2D eigenvalue weighted by atomic mass is 10.0. The molecule has 0 radical (unpaired) electrons. The van der Waals surface area contributed by atoms with Crippen molar-refractivity contribution in [2.24, 2.45) is 0 Å². The van der Waals surface area contributed by atoms with Gasteiger partial charge in [0.2, 0.25) is 0 Å². The molecule has 2 unspecified atom stereocenters. The Balaban J connectivity index is 1.63. The van der Waals surface area contributed by atoms with Gasteiger partial charge in [-0.1, -0.05) is 0 Å². The molecule has 0 amide bonds. The molecule has 3 aliphatic heterocycles. The normalized spacial score (nSPS) is 28.8. The third kappa shape index (κ3) is 2.15. The average molecular weight is 278 g/mol. The largest absolute Gasteiger partial charge is 0.493 e. The Kier molecular flexibility index (Phi) is 3.04. The fraction of sp³-hybridized carbons (Fsp3) is 0.600. The molecule has 0 spiro atoms. The summed E-state index contributed by atoms with van der Waals surface area (Å²) in [5.41, 5.74) is 1.65. The summed E-state index contributed by atoms with van der Waals surface area (Å²) in [6, 6.07) is 3.65. The standard InChI is InChI=1S/C15H19FN2O2/c16-14-4-10(5-15-13(14)2-1-3-19-15)18-8-11-6-17-7-12(9-18)20-11/h4-5,11-12,17H,1-3,6-9H2. The first-order valence-corrected chi connectivity index (χ1v) is 7.36. The first-order chi connectivity index (χ1) is 9.79. The predicted molar refractivity (Wildman–Crippen MR) is 74.0 cm³/mol. The zero-order chi connectivity index (χ0) is 13.5. The van der Waals surface area contributed by atoms with Gasteiger partial charge in [0.05, 0.1) is 18.8 Å². The highest BCUT2D eigenvalue weighted by molar-refractivity contribution is 5.55. The van der Waals surface area contributed by atoms with Gasteiger partial charge in [0.15, 0.2) is 0 Å². The molecule has 2 saturated heterocycles. The van der Waals surface area contributed by atoms with Crippen LogP contribution in [0, 0.1) is 5.82 Å². The van der Waals surface area contributed by atoms with Crippen LogP contribution in [0.2, 0.25) is 0 Å². The van der Waals surface area contributed by atoms with Gasteiger partial charge in [-0.25, -0.2) is 4.39 Å². The van der Waals surface area contributed by atoms with E-state index in [-0.39, 0.29) is 18.0 Å². The van der Waals surface area contributed by atoms with Crippen molar-refractivity contribution in [3.05, 3.63) is 23.5 Å². The van der Waals surface area contributed by atoms with Crippen molar-refractivity contribution in [1.29, 1.82) is 0 Å². The molecule has 1 aromatic carbocycles. The van der Waals surface area contributed by atoms with Crippen LogP contribution in [0.4, 0.5) is 10.1 Å². The van der Waals surface area contributed by atoms with Crippen LogP contribution in [0.15, 0.2) is 12.1 Å². The Morgan fingerprint density at radius 1 is 1.20 bits per heavy atom. The monoisotopic (exact) mass is 278 g/mol. The van der Waals surface area contributed by atoms with Crippen LogP contribution in [-0.2, 0) is 11.2 Å². The molecule has 2 fully saturated rings. The maximum absolute atomic E-state index is 14.2. The fourth-order valence-corrected chi connectivity index (χ4v) is 3.35. The number of morpholine rings is 2. The van der Waals surface area contributed by atoms with Crippen LogP contribution in [-0.4, -0.2) is 45.0 Å². The number of rotatable bonds is 1. The molecule has 0 aliphatic carbocycles. The number of halogens is 1. The van der Waals surface area contributed by atoms with Crippen LogP contribution in [0.5, 0.6) is 5.75 Å². The highest BCUT2D eigenvalue weighted by Crippen LogP contribution is 2.33. The van der Waals surface area contributed by atoms with Crippen molar-refractivity contribution in [2.45, 2.75) is 25.0 Å². The molecule has 4 nitrogen and oxygen atoms in total. The molecule has 0 aromatic heterocycles. The third-order valence-corrected chi connectivity index (χ3v) is 4.31. The van der Waals surface area contributed by atoms with Gasteiger partial charge in [-0.05, 0) is 18.9 Å². The van der Waals surface area contributed by atoms with E-state index in [2.05, 4.69) is 10.2 Å². The minimum atomic E-state index is -0.132. The molecule has 1 aromatic rings. The summed E-state index contributed by atoms with van der Waals surface area (Å²) in [5, 5.41) is 3.37. The quantitative estimate of drug-likeness (QED) is 0.840. The van der Waals surface area contributed by atoms with E-state index in [1.165, 1.54) is 0 Å². The number of fused-ring (bicyclic) bond motifs is 3. The van der Waals surface area contributed by atoms with Crippen LogP contribution in [0.3, 0.4) is 0 Å². The Morgan fingerprint density at radius 2 is 2.00 bits per heavy atom. The van der Waals surface area contributed by atoms with E-state index in [0.29, 0.717) is 6.61 Å². The second-order valence-electron chi connectivity index (χ2n) is 5.80. The van der Waals surface area contributed by atoms with Gasteiger partial charge in [-0.15, -0.1) is 0 Å². The molecule has 2 bridgehead atoms. The van der Waals surface area contributed by atoms with Crippen molar-refractivity contribution in [2.75, 3.05) is 37.7 Å². The Labute approximate surface area is 117 Å². The van der Waals surface area contributed by atoms with E-state index in [4.69, 9.17) is 9.47 Å². The average Bonchev–Trinajstić information content (AvgIpc) is 2.47. The summed E-state index contributed by atoms with van der Waals surface area (Å²) in [7, 11) is 0. The van der Waals surface area contributed by atoms with E-state index in [0.717, 1.165) is 56.0 Å². The van der Waals surface area contributed by atoms with E-state index in [1.807, 2.05) is 6.07 Å². The number of hydrogen-bond donors (Lipinski definition) is 1. The van der Waals surface area contributed by atoms with E-state index in [1.54, 1.807) is 6.07 Å². The third-order valence-electron chi connectivity index (χ3n) is 4.31. The molecule has 2 atom stereocenters. The zero-order valence-electron chi connectivity index (χ0n) is 11.4. The molecular formula is C15H19FN2O2. The number of ether oxygens (including phenoxy) is 2. The highest BCUT2D eigenvalue weighted by Gasteiger charge is 2.32. The number of nitrogens with one attached hydrogen (secondary N) is 1. The van der Waals surface area contributed by atoms with Gasteiger partial charge in [-0.2, -0.15) is 0 Å². The van der Waals surface area contributed by atoms with Crippen molar-refractivity contribution >= 4 is 5.69 Å². The van der Waals surface area contributed by atoms with Crippen molar-refractivity contribution in [1.82, 2.24) is 5.32 Å². The Hall–Kier alpha value is -1.33. The van der Waals surface area contributed by atoms with Crippen LogP contribution >= 0.6 is 0 Å². The van der Waals surface area contributed by atoms with E-state index in [9.17, 15) is 4.39 Å². The molecule has 3 aliphatic rings. The minimum absolute atomic E-state index is 0.132. The van der Waals surface area contributed by atoms with Gasteiger partial charge < -0.3 is 19.7 Å². The van der Waals surface area contributed by atoms with E-state index >= 15 is 0 Å². The van der Waals surface area contributed by atoms with Crippen LogP contribution < -0.4 is 15.0 Å². The lowest BCUT2D eigenvalue weighted by Crippen LogP contribution is -2.58. The molecule has 20 heavy (non-hydrogen) atoms. The number of hydrogen-bond acceptors (Lipinski definition) is 4. The summed E-state index contributed by atoms with van der Waals surface area (Å²) in [6.45, 7) is 4.05. The van der Waals surface area contributed by atoms with Gasteiger partial charge in [0.25, 0.3) is 0 Å². The molecule has 3 heterocycles. The fourth-order valence-electron chi connectivity index (χ4n) is 3.35. The van der Waals surface area contributed by atoms with Gasteiger partial charge in [-0.3, -0.25) is 0 Å². The number of benzene rings is 1. The summed E-state index contributed by atoms with van der Waals surface area (Å²) >= 11 is 0. The summed E-state index contributed by atoms with van der Waals surface area (Å²) < 4.78 is 25.7. The molecular weight excluding hydrogens is 259 g/mol. The van der Waals surface area contributed by atoms with Crippen LogP contribution in [0.1, 0.15) is 12.0 Å². The molecule has 0 saturated carbocycles. The van der Waals surface area contributed by atoms with Gasteiger partial charge in [0, 0.05) is 43.5 Å². The molecule has 108 valence electrons. The first-order valence-electron chi connectivity index (χ1n) is 7.36. The number of anilines is 1. The Morgan fingerprint density at radius 3 is 2.80 bits per heavy atom. The molecule has 1 N–H and O–H groups in total. The summed E-state index contributed by atoms with van der Waals surface area (Å²) in [4.78, 5) is 2.22. The van der Waals surface area contributed by atoms with Gasteiger partial charge >= 0.3 is 0 Å². The topological polar surface area (TPSA) is 33.7 Å². The second-order valence-corrected chi connectivity index (χ2v) is 5.80. The second kappa shape index (κ2) is 4.90. The molecule has 4 rings (SSSR count).